The third-order valence-electron chi connectivity index (χ3n) is 2.71. The highest BCUT2D eigenvalue weighted by atomic mass is 16.4. The minimum absolute atomic E-state index is 0.0528. The van der Waals surface area contributed by atoms with Gasteiger partial charge in [0, 0.05) is 26.1 Å². The standard InChI is InChI=1S/C13H18N2O3/c1-15(8-7-13(17)18)12(16)9-11(14)10-5-3-2-4-6-10/h2-6,11H,7-9,14H2,1H3,(H,17,18). The first-order chi connectivity index (χ1) is 8.50. The molecular formula is C13H18N2O3. The van der Waals surface area contributed by atoms with Crippen molar-refractivity contribution in [2.24, 2.45) is 5.73 Å². The number of amides is 1. The number of rotatable bonds is 6. The quantitative estimate of drug-likeness (QED) is 0.789. The molecule has 0 aromatic heterocycles. The molecule has 0 fully saturated rings. The van der Waals surface area contributed by atoms with Gasteiger partial charge in [0.15, 0.2) is 0 Å². The fraction of sp³-hybridized carbons (Fsp3) is 0.385. The summed E-state index contributed by atoms with van der Waals surface area (Å²) in [6, 6.07) is 9.01. The van der Waals surface area contributed by atoms with Crippen LogP contribution in [0.5, 0.6) is 0 Å². The summed E-state index contributed by atoms with van der Waals surface area (Å²) in [5.74, 6) is -1.06. The first-order valence-electron chi connectivity index (χ1n) is 5.77. The molecule has 0 spiro atoms. The van der Waals surface area contributed by atoms with E-state index in [0.717, 1.165) is 5.56 Å². The molecule has 0 aliphatic heterocycles. The van der Waals surface area contributed by atoms with E-state index in [2.05, 4.69) is 0 Å². The van der Waals surface area contributed by atoms with Gasteiger partial charge in [0.05, 0.1) is 6.42 Å². The van der Waals surface area contributed by atoms with Gasteiger partial charge in [-0.3, -0.25) is 9.59 Å². The molecule has 5 heteroatoms. The summed E-state index contributed by atoms with van der Waals surface area (Å²) in [4.78, 5) is 23.6. The number of aliphatic carboxylic acids is 1. The van der Waals surface area contributed by atoms with Crippen LogP contribution in [-0.4, -0.2) is 35.5 Å². The number of nitrogens with two attached hydrogens (primary N) is 1. The van der Waals surface area contributed by atoms with Crippen LogP contribution < -0.4 is 5.73 Å². The number of carboxylic acids is 1. The Labute approximate surface area is 106 Å². The van der Waals surface area contributed by atoms with E-state index in [1.54, 1.807) is 7.05 Å². The van der Waals surface area contributed by atoms with Gasteiger partial charge in [-0.05, 0) is 5.56 Å². The number of carboxylic acid groups (broad SMARTS) is 1. The van der Waals surface area contributed by atoms with Crippen molar-refractivity contribution in [1.82, 2.24) is 4.90 Å². The van der Waals surface area contributed by atoms with Gasteiger partial charge in [-0.25, -0.2) is 0 Å². The van der Waals surface area contributed by atoms with Crippen LogP contribution in [0.4, 0.5) is 0 Å². The van der Waals surface area contributed by atoms with Crippen LogP contribution >= 0.6 is 0 Å². The zero-order valence-electron chi connectivity index (χ0n) is 10.4. The molecule has 1 aromatic carbocycles. The Hall–Kier alpha value is -1.88. The van der Waals surface area contributed by atoms with E-state index in [1.807, 2.05) is 30.3 Å². The largest absolute Gasteiger partial charge is 0.481 e. The summed E-state index contributed by atoms with van der Waals surface area (Å²) in [6.07, 6.45) is 0.128. The average Bonchev–Trinajstić information content (AvgIpc) is 2.36. The molecule has 0 saturated heterocycles. The van der Waals surface area contributed by atoms with Gasteiger partial charge in [0.2, 0.25) is 5.91 Å². The van der Waals surface area contributed by atoms with E-state index in [0.29, 0.717) is 0 Å². The van der Waals surface area contributed by atoms with Crippen molar-refractivity contribution >= 4 is 11.9 Å². The molecule has 0 heterocycles. The molecular weight excluding hydrogens is 232 g/mol. The highest BCUT2D eigenvalue weighted by Crippen LogP contribution is 2.14. The van der Waals surface area contributed by atoms with E-state index in [1.165, 1.54) is 4.90 Å². The van der Waals surface area contributed by atoms with Gasteiger partial charge in [-0.15, -0.1) is 0 Å². The van der Waals surface area contributed by atoms with Crippen LogP contribution in [0, 0.1) is 0 Å². The van der Waals surface area contributed by atoms with E-state index in [9.17, 15) is 9.59 Å². The molecule has 0 bridgehead atoms. The fourth-order valence-corrected chi connectivity index (χ4v) is 1.55. The molecule has 1 amide bonds. The first kappa shape index (κ1) is 14.2. The van der Waals surface area contributed by atoms with E-state index in [4.69, 9.17) is 10.8 Å². The Bertz CT molecular complexity index is 406. The van der Waals surface area contributed by atoms with Crippen molar-refractivity contribution in [2.45, 2.75) is 18.9 Å². The van der Waals surface area contributed by atoms with Crippen molar-refractivity contribution in [3.63, 3.8) is 0 Å². The Balaban J connectivity index is 2.46. The lowest BCUT2D eigenvalue weighted by Crippen LogP contribution is -2.31. The van der Waals surface area contributed by atoms with Crippen molar-refractivity contribution in [3.05, 3.63) is 35.9 Å². The molecule has 1 aromatic rings. The number of benzene rings is 1. The summed E-state index contributed by atoms with van der Waals surface area (Å²) in [7, 11) is 1.59. The number of carbonyl (C=O) groups is 2. The molecule has 0 aliphatic rings. The normalized spacial score (nSPS) is 11.9. The summed E-state index contributed by atoms with van der Waals surface area (Å²) in [5.41, 5.74) is 6.83. The molecule has 0 aliphatic carbocycles. The van der Waals surface area contributed by atoms with Crippen LogP contribution in [0.3, 0.4) is 0 Å². The van der Waals surface area contributed by atoms with Gasteiger partial charge >= 0.3 is 5.97 Å². The molecule has 5 nitrogen and oxygen atoms in total. The third kappa shape index (κ3) is 4.55. The van der Waals surface area contributed by atoms with Gasteiger partial charge in [-0.2, -0.15) is 0 Å². The number of carbonyl (C=O) groups excluding carboxylic acids is 1. The lowest BCUT2D eigenvalue weighted by Gasteiger charge is -2.19. The number of hydrogen-bond donors (Lipinski definition) is 2. The molecule has 0 saturated carbocycles. The SMILES string of the molecule is CN(CCC(=O)O)C(=O)CC(N)c1ccccc1. The molecule has 18 heavy (non-hydrogen) atoms. The Morgan fingerprint density at radius 3 is 2.50 bits per heavy atom. The van der Waals surface area contributed by atoms with Crippen LogP contribution in [0.25, 0.3) is 0 Å². The smallest absolute Gasteiger partial charge is 0.305 e. The monoisotopic (exact) mass is 250 g/mol. The molecule has 1 atom stereocenters. The van der Waals surface area contributed by atoms with E-state index >= 15 is 0 Å². The minimum atomic E-state index is -0.915. The van der Waals surface area contributed by atoms with E-state index in [-0.39, 0.29) is 31.3 Å². The molecule has 98 valence electrons. The van der Waals surface area contributed by atoms with Crippen molar-refractivity contribution in [1.29, 1.82) is 0 Å². The zero-order valence-corrected chi connectivity index (χ0v) is 10.4. The second kappa shape index (κ2) is 6.76. The number of hydrogen-bond acceptors (Lipinski definition) is 3. The topological polar surface area (TPSA) is 83.6 Å². The predicted molar refractivity (Wildman–Crippen MR) is 67.9 cm³/mol. The van der Waals surface area contributed by atoms with Crippen LogP contribution in [0.1, 0.15) is 24.4 Å². The average molecular weight is 250 g/mol. The van der Waals surface area contributed by atoms with Crippen molar-refractivity contribution < 1.29 is 14.7 Å². The highest BCUT2D eigenvalue weighted by Gasteiger charge is 2.15. The van der Waals surface area contributed by atoms with E-state index < -0.39 is 5.97 Å². The maximum absolute atomic E-state index is 11.8. The van der Waals surface area contributed by atoms with Crippen LogP contribution in [0.15, 0.2) is 30.3 Å². The van der Waals surface area contributed by atoms with Crippen molar-refractivity contribution in [2.75, 3.05) is 13.6 Å². The summed E-state index contributed by atoms with van der Waals surface area (Å²) in [5, 5.41) is 8.54. The summed E-state index contributed by atoms with van der Waals surface area (Å²) >= 11 is 0. The molecule has 3 N–H and O–H groups in total. The summed E-state index contributed by atoms with van der Waals surface area (Å²) < 4.78 is 0. The number of nitrogens with zero attached hydrogens (tertiary/aromatic N) is 1. The van der Waals surface area contributed by atoms with Gasteiger partial charge in [-0.1, -0.05) is 30.3 Å². The Morgan fingerprint density at radius 2 is 1.94 bits per heavy atom. The first-order valence-corrected chi connectivity index (χ1v) is 5.77. The van der Waals surface area contributed by atoms with Gasteiger partial charge < -0.3 is 15.7 Å². The second-order valence-corrected chi connectivity index (χ2v) is 4.18. The second-order valence-electron chi connectivity index (χ2n) is 4.18. The fourth-order valence-electron chi connectivity index (χ4n) is 1.55. The molecule has 1 unspecified atom stereocenters. The third-order valence-corrected chi connectivity index (χ3v) is 2.71. The minimum Gasteiger partial charge on any atom is -0.481 e. The maximum Gasteiger partial charge on any atom is 0.305 e. The van der Waals surface area contributed by atoms with Gasteiger partial charge in [0.1, 0.15) is 0 Å². The lowest BCUT2D eigenvalue weighted by atomic mass is 10.0. The lowest BCUT2D eigenvalue weighted by molar-refractivity contribution is -0.138. The van der Waals surface area contributed by atoms with Crippen molar-refractivity contribution in [3.8, 4) is 0 Å². The predicted octanol–water partition coefficient (Wildman–Crippen LogP) is 1.01. The van der Waals surface area contributed by atoms with Gasteiger partial charge in [0.25, 0.3) is 0 Å². The van der Waals surface area contributed by atoms with Crippen LogP contribution in [-0.2, 0) is 9.59 Å². The molecule has 0 radical (unpaired) electrons. The highest BCUT2D eigenvalue weighted by molar-refractivity contribution is 5.77. The zero-order chi connectivity index (χ0) is 13.5. The Morgan fingerprint density at radius 1 is 1.33 bits per heavy atom. The molecule has 1 rings (SSSR count). The Kier molecular flexibility index (Phi) is 5.32. The summed E-state index contributed by atoms with van der Waals surface area (Å²) in [6.45, 7) is 0.204. The maximum atomic E-state index is 11.8. The van der Waals surface area contributed by atoms with Crippen LogP contribution in [0.2, 0.25) is 0 Å².